The van der Waals surface area contributed by atoms with Gasteiger partial charge in [-0.3, -0.25) is 9.59 Å². The molecule has 0 aliphatic carbocycles. The molecular weight excluding hydrogens is 370 g/mol. The number of hydrogen-bond acceptors (Lipinski definition) is 5. The summed E-state index contributed by atoms with van der Waals surface area (Å²) in [6.45, 7) is 4.13. The van der Waals surface area contributed by atoms with E-state index in [0.717, 1.165) is 5.56 Å². The summed E-state index contributed by atoms with van der Waals surface area (Å²) in [6, 6.07) is 9.03. The van der Waals surface area contributed by atoms with Gasteiger partial charge < -0.3 is 19.2 Å². The minimum absolute atomic E-state index is 0.178. The van der Waals surface area contributed by atoms with Crippen LogP contribution in [0.3, 0.4) is 0 Å². The maximum Gasteiger partial charge on any atom is 0.256 e. The van der Waals surface area contributed by atoms with Crippen molar-refractivity contribution in [2.24, 2.45) is 0 Å². The van der Waals surface area contributed by atoms with Crippen molar-refractivity contribution in [3.8, 4) is 11.5 Å². The van der Waals surface area contributed by atoms with E-state index in [4.69, 9.17) is 13.9 Å². The average Bonchev–Trinajstić information content (AvgIpc) is 3.02. The van der Waals surface area contributed by atoms with Gasteiger partial charge in [-0.25, -0.2) is 0 Å². The Morgan fingerprint density at radius 3 is 2.45 bits per heavy atom. The van der Waals surface area contributed by atoms with Gasteiger partial charge in [-0.1, -0.05) is 19.9 Å². The molecule has 1 N–H and O–H groups in total. The van der Waals surface area contributed by atoms with Crippen LogP contribution < -0.4 is 20.2 Å². The largest absolute Gasteiger partial charge is 0.493 e. The third-order valence-electron chi connectivity index (χ3n) is 5.10. The molecule has 0 spiro atoms. The van der Waals surface area contributed by atoms with Crippen molar-refractivity contribution < 1.29 is 18.7 Å². The first-order chi connectivity index (χ1) is 13.9. The molecule has 1 aliphatic heterocycles. The monoisotopic (exact) mass is 391 g/mol. The SMILES string of the molecule is COc1cc2c(cc1OC)C(=Cc1coc3ccc(C(C)C)cc3c1=O)C(=O)N2. The molecule has 6 heteroatoms. The van der Waals surface area contributed by atoms with Crippen LogP contribution in [0.2, 0.25) is 0 Å². The third-order valence-corrected chi connectivity index (χ3v) is 5.10. The number of anilines is 1. The molecule has 1 amide bonds. The van der Waals surface area contributed by atoms with Crippen molar-refractivity contribution in [1.82, 2.24) is 0 Å². The third kappa shape index (κ3) is 3.16. The molecule has 0 saturated carbocycles. The predicted octanol–water partition coefficient (Wildman–Crippen LogP) is 4.43. The van der Waals surface area contributed by atoms with Gasteiger partial charge in [0.15, 0.2) is 16.9 Å². The van der Waals surface area contributed by atoms with Crippen LogP contribution in [0.25, 0.3) is 22.6 Å². The van der Waals surface area contributed by atoms with Gasteiger partial charge >= 0.3 is 0 Å². The van der Waals surface area contributed by atoms with Crippen molar-refractivity contribution in [2.45, 2.75) is 19.8 Å². The highest BCUT2D eigenvalue weighted by molar-refractivity contribution is 6.35. The van der Waals surface area contributed by atoms with Gasteiger partial charge in [-0.2, -0.15) is 0 Å². The van der Waals surface area contributed by atoms with Crippen molar-refractivity contribution in [3.63, 3.8) is 0 Å². The van der Waals surface area contributed by atoms with E-state index >= 15 is 0 Å². The number of carbonyl (C=O) groups excluding carboxylic acids is 1. The minimum Gasteiger partial charge on any atom is -0.493 e. The second kappa shape index (κ2) is 7.13. The van der Waals surface area contributed by atoms with E-state index in [2.05, 4.69) is 19.2 Å². The Bertz CT molecular complexity index is 1220. The molecule has 0 unspecified atom stereocenters. The van der Waals surface area contributed by atoms with Crippen molar-refractivity contribution >= 4 is 34.2 Å². The Morgan fingerprint density at radius 2 is 1.76 bits per heavy atom. The number of rotatable bonds is 4. The molecule has 29 heavy (non-hydrogen) atoms. The lowest BCUT2D eigenvalue weighted by molar-refractivity contribution is -0.110. The lowest BCUT2D eigenvalue weighted by atomic mass is 10.00. The van der Waals surface area contributed by atoms with Crippen molar-refractivity contribution in [3.05, 3.63) is 63.5 Å². The number of amides is 1. The first-order valence-corrected chi connectivity index (χ1v) is 9.27. The van der Waals surface area contributed by atoms with E-state index in [1.807, 2.05) is 12.1 Å². The summed E-state index contributed by atoms with van der Waals surface area (Å²) in [4.78, 5) is 25.6. The van der Waals surface area contributed by atoms with Gasteiger partial charge in [-0.05, 0) is 35.8 Å². The molecule has 4 rings (SSSR count). The number of hydrogen-bond donors (Lipinski definition) is 1. The van der Waals surface area contributed by atoms with Crippen LogP contribution in [0.1, 0.15) is 36.5 Å². The Hall–Kier alpha value is -3.54. The molecule has 0 bridgehead atoms. The summed E-state index contributed by atoms with van der Waals surface area (Å²) in [7, 11) is 3.06. The van der Waals surface area contributed by atoms with Crippen molar-refractivity contribution in [2.75, 3.05) is 19.5 Å². The molecule has 2 aromatic carbocycles. The number of nitrogens with one attached hydrogen (secondary N) is 1. The molecule has 148 valence electrons. The molecule has 3 aromatic rings. The van der Waals surface area contributed by atoms with E-state index < -0.39 is 0 Å². The Labute approximate surface area is 167 Å². The maximum absolute atomic E-state index is 13.1. The zero-order valence-corrected chi connectivity index (χ0v) is 16.7. The highest BCUT2D eigenvalue weighted by atomic mass is 16.5. The first kappa shape index (κ1) is 18.8. The molecule has 0 atom stereocenters. The maximum atomic E-state index is 13.1. The number of ether oxygens (including phenoxy) is 2. The van der Waals surface area contributed by atoms with Crippen LogP contribution in [-0.2, 0) is 4.79 Å². The summed E-state index contributed by atoms with van der Waals surface area (Å²) in [5.74, 6) is 1.00. The molecule has 0 radical (unpaired) electrons. The number of methoxy groups -OCH3 is 2. The van der Waals surface area contributed by atoms with Crippen LogP contribution in [0.4, 0.5) is 5.69 Å². The fraction of sp³-hybridized carbons (Fsp3) is 0.217. The number of fused-ring (bicyclic) bond motifs is 2. The molecule has 0 saturated heterocycles. The standard InChI is InChI=1S/C23H21NO5/c1-12(2)13-5-6-19-17(7-13)22(25)14(11-29-19)8-16-15-9-20(27-3)21(28-4)10-18(15)24-23(16)26/h5-12H,1-4H3,(H,24,26). The van der Waals surface area contributed by atoms with Crippen LogP contribution in [0.15, 0.2) is 45.8 Å². The van der Waals surface area contributed by atoms with E-state index in [-0.39, 0.29) is 17.3 Å². The van der Waals surface area contributed by atoms with Gasteiger partial charge in [0.2, 0.25) is 0 Å². The van der Waals surface area contributed by atoms with Gasteiger partial charge in [0.25, 0.3) is 5.91 Å². The lowest BCUT2D eigenvalue weighted by Crippen LogP contribution is -2.08. The summed E-state index contributed by atoms with van der Waals surface area (Å²) in [6.07, 6.45) is 2.94. The first-order valence-electron chi connectivity index (χ1n) is 9.27. The fourth-order valence-corrected chi connectivity index (χ4v) is 3.44. The fourth-order valence-electron chi connectivity index (χ4n) is 3.44. The van der Waals surface area contributed by atoms with Crippen LogP contribution in [0.5, 0.6) is 11.5 Å². The van der Waals surface area contributed by atoms with Crippen LogP contribution >= 0.6 is 0 Å². The van der Waals surface area contributed by atoms with E-state index in [1.165, 1.54) is 20.5 Å². The summed E-state index contributed by atoms with van der Waals surface area (Å²) < 4.78 is 16.3. The average molecular weight is 391 g/mol. The molecule has 6 nitrogen and oxygen atoms in total. The molecular formula is C23H21NO5. The highest BCUT2D eigenvalue weighted by Crippen LogP contribution is 2.41. The Balaban J connectivity index is 1.87. The number of carbonyl (C=O) groups is 1. The van der Waals surface area contributed by atoms with E-state index in [9.17, 15) is 9.59 Å². The lowest BCUT2D eigenvalue weighted by Gasteiger charge is -2.09. The predicted molar refractivity (Wildman–Crippen MR) is 113 cm³/mol. The smallest absolute Gasteiger partial charge is 0.256 e. The Morgan fingerprint density at radius 1 is 1.03 bits per heavy atom. The van der Waals surface area contributed by atoms with Crippen molar-refractivity contribution in [1.29, 1.82) is 0 Å². The molecule has 1 aliphatic rings. The second-order valence-electron chi connectivity index (χ2n) is 7.20. The highest BCUT2D eigenvalue weighted by Gasteiger charge is 2.27. The minimum atomic E-state index is -0.300. The number of benzene rings is 2. The normalized spacial score (nSPS) is 14.4. The van der Waals surface area contributed by atoms with Gasteiger partial charge in [0.1, 0.15) is 11.8 Å². The quantitative estimate of drug-likeness (QED) is 0.666. The summed E-state index contributed by atoms with van der Waals surface area (Å²) in [5.41, 5.74) is 3.32. The zero-order chi connectivity index (χ0) is 20.7. The molecule has 2 heterocycles. The van der Waals surface area contributed by atoms with Crippen LogP contribution in [-0.4, -0.2) is 20.1 Å². The van der Waals surface area contributed by atoms with Crippen LogP contribution in [0, 0.1) is 0 Å². The summed E-state index contributed by atoms with van der Waals surface area (Å²) in [5, 5.41) is 3.30. The topological polar surface area (TPSA) is 77.8 Å². The Kier molecular flexibility index (Phi) is 4.62. The van der Waals surface area contributed by atoms with Gasteiger partial charge in [0.05, 0.1) is 30.9 Å². The van der Waals surface area contributed by atoms with Gasteiger partial charge in [0, 0.05) is 17.2 Å². The zero-order valence-electron chi connectivity index (χ0n) is 16.7. The van der Waals surface area contributed by atoms with E-state index in [1.54, 1.807) is 24.3 Å². The summed E-state index contributed by atoms with van der Waals surface area (Å²) >= 11 is 0. The molecule has 0 fully saturated rings. The van der Waals surface area contributed by atoms with E-state index in [0.29, 0.717) is 44.9 Å². The second-order valence-corrected chi connectivity index (χ2v) is 7.20. The van der Waals surface area contributed by atoms with Gasteiger partial charge in [-0.15, -0.1) is 0 Å². The molecule has 1 aromatic heterocycles.